The molecule has 1 aromatic carbocycles. The van der Waals surface area contributed by atoms with Crippen LogP contribution in [0.25, 0.3) is 23.3 Å². The second kappa shape index (κ2) is 10.1. The number of hydrogen-bond acceptors (Lipinski definition) is 4. The van der Waals surface area contributed by atoms with Crippen molar-refractivity contribution in [2.45, 2.75) is 56.1 Å². The highest BCUT2D eigenvalue weighted by atomic mass is 16.5. The Morgan fingerprint density at radius 3 is 2.60 bits per heavy atom. The Hall–Kier alpha value is -4.41. The maximum atomic E-state index is 6.36. The fourth-order valence-electron chi connectivity index (χ4n) is 7.69. The third-order valence-corrected chi connectivity index (χ3v) is 9.96. The predicted octanol–water partition coefficient (Wildman–Crippen LogP) is 8.18. The summed E-state index contributed by atoms with van der Waals surface area (Å²) >= 11 is 0. The maximum absolute atomic E-state index is 6.36. The lowest BCUT2D eigenvalue weighted by atomic mass is 9.75. The molecule has 4 heteroatoms. The summed E-state index contributed by atoms with van der Waals surface area (Å²) < 4.78 is 6.36. The van der Waals surface area contributed by atoms with Crippen molar-refractivity contribution in [1.82, 2.24) is 15.0 Å². The molecule has 0 spiro atoms. The summed E-state index contributed by atoms with van der Waals surface area (Å²) in [6, 6.07) is 4.71. The van der Waals surface area contributed by atoms with Gasteiger partial charge in [-0.1, -0.05) is 97.2 Å². The van der Waals surface area contributed by atoms with E-state index in [0.29, 0.717) is 5.92 Å². The van der Waals surface area contributed by atoms with E-state index in [9.17, 15) is 0 Å². The van der Waals surface area contributed by atoms with Crippen molar-refractivity contribution in [2.24, 2.45) is 5.92 Å². The van der Waals surface area contributed by atoms with Crippen LogP contribution in [-0.4, -0.2) is 27.2 Å². The standard InChI is InChI=1S/C39H33N3O/c1-2-9-26(10-3-1)37-40-38(42-39(41-37)28-18-21-36-34(23-28)32-12-6-7-13-35(32)43-36)27-15-14-25-17-19-30-29-11-5-4-8-24(29)16-20-31(30)33(25)22-27/h1-9,12-13,16-20,22-23,26,29,32,35-36H,10-11,14-15,21H2. The molecule has 0 bridgehead atoms. The minimum absolute atomic E-state index is 0.126. The van der Waals surface area contributed by atoms with Crippen molar-refractivity contribution in [3.63, 3.8) is 0 Å². The number of rotatable bonds is 3. The van der Waals surface area contributed by atoms with Gasteiger partial charge in [-0.3, -0.25) is 0 Å². The Kier molecular flexibility index (Phi) is 5.90. The van der Waals surface area contributed by atoms with Crippen LogP contribution in [0.1, 0.15) is 77.2 Å². The first kappa shape index (κ1) is 25.1. The first-order valence-corrected chi connectivity index (χ1v) is 15.7. The van der Waals surface area contributed by atoms with Gasteiger partial charge in [0.1, 0.15) is 5.82 Å². The summed E-state index contributed by atoms with van der Waals surface area (Å²) in [5, 5.41) is 0. The van der Waals surface area contributed by atoms with Gasteiger partial charge in [-0.15, -0.1) is 0 Å². The lowest BCUT2D eigenvalue weighted by molar-refractivity contribution is 0.0740. The van der Waals surface area contributed by atoms with Crippen LogP contribution in [0.2, 0.25) is 0 Å². The van der Waals surface area contributed by atoms with Crippen molar-refractivity contribution < 1.29 is 4.74 Å². The van der Waals surface area contributed by atoms with Gasteiger partial charge < -0.3 is 4.74 Å². The third kappa shape index (κ3) is 4.27. The molecule has 0 radical (unpaired) electrons. The van der Waals surface area contributed by atoms with E-state index in [0.717, 1.165) is 55.2 Å². The summed E-state index contributed by atoms with van der Waals surface area (Å²) in [5.74, 6) is 3.33. The zero-order valence-electron chi connectivity index (χ0n) is 24.1. The van der Waals surface area contributed by atoms with E-state index in [-0.39, 0.29) is 24.0 Å². The zero-order valence-corrected chi connectivity index (χ0v) is 24.1. The molecule has 1 fully saturated rings. The molecule has 210 valence electrons. The first-order chi connectivity index (χ1) is 21.3. The number of allylic oxidation sites excluding steroid dienone is 14. The molecule has 2 aromatic rings. The lowest BCUT2D eigenvalue weighted by Gasteiger charge is -2.29. The van der Waals surface area contributed by atoms with Crippen molar-refractivity contribution in [3.05, 3.63) is 148 Å². The Morgan fingerprint density at radius 1 is 0.744 bits per heavy atom. The summed E-state index contributed by atoms with van der Waals surface area (Å²) in [5.41, 5.74) is 10.6. The van der Waals surface area contributed by atoms with Crippen molar-refractivity contribution in [2.75, 3.05) is 0 Å². The topological polar surface area (TPSA) is 47.9 Å². The summed E-state index contributed by atoms with van der Waals surface area (Å²) in [4.78, 5) is 15.5. The maximum Gasteiger partial charge on any atom is 0.163 e. The average Bonchev–Trinajstić information content (AvgIpc) is 3.46. The van der Waals surface area contributed by atoms with Crippen molar-refractivity contribution in [3.8, 4) is 0 Å². The molecular weight excluding hydrogens is 526 g/mol. The van der Waals surface area contributed by atoms with Gasteiger partial charge >= 0.3 is 0 Å². The Bertz CT molecular complexity index is 1860. The highest BCUT2D eigenvalue weighted by molar-refractivity contribution is 5.87. The highest BCUT2D eigenvalue weighted by Gasteiger charge is 2.39. The molecule has 6 aliphatic carbocycles. The Balaban J connectivity index is 1.14. The van der Waals surface area contributed by atoms with Crippen molar-refractivity contribution >= 4 is 23.3 Å². The molecule has 7 aliphatic rings. The molecule has 5 atom stereocenters. The van der Waals surface area contributed by atoms with Crippen LogP contribution in [0.5, 0.6) is 0 Å². The normalized spacial score (nSPS) is 29.1. The van der Waals surface area contributed by atoms with Gasteiger partial charge in [0.05, 0.1) is 12.2 Å². The smallest absolute Gasteiger partial charge is 0.163 e. The second-order valence-corrected chi connectivity index (χ2v) is 12.4. The lowest BCUT2D eigenvalue weighted by Crippen LogP contribution is -2.15. The van der Waals surface area contributed by atoms with Gasteiger partial charge in [-0.2, -0.15) is 0 Å². The Labute approximate surface area is 252 Å². The molecule has 0 saturated carbocycles. The molecule has 0 amide bonds. The van der Waals surface area contributed by atoms with Crippen LogP contribution in [-0.2, 0) is 11.2 Å². The molecule has 43 heavy (non-hydrogen) atoms. The van der Waals surface area contributed by atoms with E-state index in [4.69, 9.17) is 19.7 Å². The van der Waals surface area contributed by atoms with Gasteiger partial charge in [0.15, 0.2) is 11.6 Å². The average molecular weight is 560 g/mol. The fourth-order valence-corrected chi connectivity index (χ4v) is 7.69. The zero-order chi connectivity index (χ0) is 28.3. The van der Waals surface area contributed by atoms with Crippen LogP contribution in [0, 0.1) is 5.92 Å². The van der Waals surface area contributed by atoms with E-state index in [1.54, 1.807) is 0 Å². The van der Waals surface area contributed by atoms with Crippen LogP contribution in [0.3, 0.4) is 0 Å². The molecule has 0 N–H and O–H groups in total. The van der Waals surface area contributed by atoms with Crippen LogP contribution in [0.15, 0.2) is 108 Å². The second-order valence-electron chi connectivity index (χ2n) is 12.4. The summed E-state index contributed by atoms with van der Waals surface area (Å²) in [7, 11) is 0. The Morgan fingerprint density at radius 2 is 1.65 bits per heavy atom. The molecule has 2 heterocycles. The van der Waals surface area contributed by atoms with Crippen LogP contribution in [0.4, 0.5) is 0 Å². The quantitative estimate of drug-likeness (QED) is 0.381. The SMILES string of the molecule is C1=CCC(c2nc(C3=CCC4OC5C=CC=CC5C4=C3)nc(C3=Cc4c(ccc5c4C=CC4=CC=CCC45)CC3)n2)C=C1. The monoisotopic (exact) mass is 559 g/mol. The fraction of sp³-hybridized carbons (Fsp3) is 0.256. The molecule has 1 aromatic heterocycles. The van der Waals surface area contributed by atoms with Gasteiger partial charge in [0, 0.05) is 23.3 Å². The van der Waals surface area contributed by atoms with Gasteiger partial charge in [0.2, 0.25) is 0 Å². The van der Waals surface area contributed by atoms with Crippen LogP contribution >= 0.6 is 0 Å². The number of nitrogens with zero attached hydrogens (tertiary/aromatic N) is 3. The van der Waals surface area contributed by atoms with Crippen LogP contribution < -0.4 is 0 Å². The summed E-state index contributed by atoms with van der Waals surface area (Å²) in [6.07, 6.45) is 40.6. The number of fused-ring (bicyclic) bond motifs is 8. The van der Waals surface area contributed by atoms with Crippen molar-refractivity contribution in [1.29, 1.82) is 0 Å². The third-order valence-electron chi connectivity index (χ3n) is 9.96. The molecule has 9 rings (SSSR count). The van der Waals surface area contributed by atoms with Gasteiger partial charge in [-0.05, 0) is 83.2 Å². The highest BCUT2D eigenvalue weighted by Crippen LogP contribution is 2.44. The predicted molar refractivity (Wildman–Crippen MR) is 173 cm³/mol. The minimum atomic E-state index is 0.126. The molecule has 4 nitrogen and oxygen atoms in total. The number of aromatic nitrogens is 3. The minimum Gasteiger partial charge on any atom is -0.365 e. The molecular formula is C39H33N3O. The van der Waals surface area contributed by atoms with E-state index in [1.165, 1.54) is 39.0 Å². The van der Waals surface area contributed by atoms with Gasteiger partial charge in [-0.25, -0.2) is 15.0 Å². The van der Waals surface area contributed by atoms with E-state index in [2.05, 4.69) is 109 Å². The van der Waals surface area contributed by atoms with E-state index in [1.807, 2.05) is 0 Å². The number of hydrogen-bond donors (Lipinski definition) is 0. The number of aryl methyl sites for hydroxylation is 1. The summed E-state index contributed by atoms with van der Waals surface area (Å²) in [6.45, 7) is 0. The molecule has 1 aliphatic heterocycles. The largest absolute Gasteiger partial charge is 0.365 e. The van der Waals surface area contributed by atoms with E-state index < -0.39 is 0 Å². The van der Waals surface area contributed by atoms with Gasteiger partial charge in [0.25, 0.3) is 0 Å². The first-order valence-electron chi connectivity index (χ1n) is 15.7. The number of ether oxygens (including phenoxy) is 1. The number of benzene rings is 1. The molecule has 5 unspecified atom stereocenters. The van der Waals surface area contributed by atoms with E-state index >= 15 is 0 Å². The molecule has 1 saturated heterocycles.